The second-order valence-corrected chi connectivity index (χ2v) is 6.55. The summed E-state index contributed by atoms with van der Waals surface area (Å²) < 4.78 is 44.6. The maximum atomic E-state index is 13.2. The van der Waals surface area contributed by atoms with Crippen molar-refractivity contribution >= 4 is 11.8 Å². The monoisotopic (exact) mass is 422 g/mol. The lowest BCUT2D eigenvalue weighted by Crippen LogP contribution is -2.33. The van der Waals surface area contributed by atoms with E-state index < -0.39 is 11.7 Å². The van der Waals surface area contributed by atoms with Crippen molar-refractivity contribution in [3.05, 3.63) is 71.3 Å². The molecule has 1 aromatic carbocycles. The van der Waals surface area contributed by atoms with Crippen LogP contribution < -0.4 is 5.32 Å². The number of halogens is 3. The highest BCUT2D eigenvalue weighted by atomic mass is 19.4. The predicted octanol–water partition coefficient (Wildman–Crippen LogP) is 5.35. The van der Waals surface area contributed by atoms with Gasteiger partial charge in [-0.25, -0.2) is 4.99 Å². The van der Waals surface area contributed by atoms with E-state index in [1.807, 2.05) is 30.3 Å². The van der Waals surface area contributed by atoms with E-state index in [0.717, 1.165) is 17.7 Å². The number of aliphatic imine (C=N–C) groups is 1. The van der Waals surface area contributed by atoms with Gasteiger partial charge in [0, 0.05) is 0 Å². The molecule has 0 fully saturated rings. The Labute approximate surface area is 176 Å². The van der Waals surface area contributed by atoms with Crippen molar-refractivity contribution in [2.75, 3.05) is 20.2 Å². The van der Waals surface area contributed by atoms with Crippen molar-refractivity contribution in [1.29, 1.82) is 0 Å². The lowest BCUT2D eigenvalue weighted by Gasteiger charge is -2.13. The number of rotatable bonds is 9. The van der Waals surface area contributed by atoms with E-state index in [1.165, 1.54) is 7.11 Å². The molecule has 0 saturated carbocycles. The summed E-state index contributed by atoms with van der Waals surface area (Å²) >= 11 is 0. The van der Waals surface area contributed by atoms with Crippen LogP contribution in [-0.2, 0) is 9.53 Å². The van der Waals surface area contributed by atoms with Gasteiger partial charge in [-0.05, 0) is 37.5 Å². The molecule has 0 aromatic heterocycles. The van der Waals surface area contributed by atoms with Gasteiger partial charge in [0.05, 0.1) is 31.7 Å². The number of alkyl halides is 3. The van der Waals surface area contributed by atoms with Crippen molar-refractivity contribution < 1.29 is 22.7 Å². The first-order chi connectivity index (χ1) is 14.2. The Bertz CT molecular complexity index is 794. The van der Waals surface area contributed by atoms with E-state index in [2.05, 4.69) is 10.3 Å². The Morgan fingerprint density at radius 2 is 1.93 bits per heavy atom. The van der Waals surface area contributed by atoms with Gasteiger partial charge in [0.2, 0.25) is 11.8 Å². The summed E-state index contributed by atoms with van der Waals surface area (Å²) in [7, 11) is 1.41. The first-order valence-corrected chi connectivity index (χ1v) is 9.73. The van der Waals surface area contributed by atoms with Crippen LogP contribution in [0.2, 0.25) is 0 Å². The number of hydrogen-bond acceptors (Lipinski definition) is 3. The number of nitrogens with zero attached hydrogens (tertiary/aromatic N) is 1. The average molecular weight is 422 g/mol. The molecule has 0 saturated heterocycles. The van der Waals surface area contributed by atoms with Crippen molar-refractivity contribution in [3.63, 3.8) is 0 Å². The lowest BCUT2D eigenvalue weighted by atomic mass is 10.0. The topological polar surface area (TPSA) is 50.7 Å². The van der Waals surface area contributed by atoms with Gasteiger partial charge in [0.1, 0.15) is 0 Å². The first kappa shape index (κ1) is 25.2. The zero-order valence-electron chi connectivity index (χ0n) is 17.8. The summed E-state index contributed by atoms with van der Waals surface area (Å²) in [5.41, 5.74) is 0.553. The number of carbonyl (C=O) groups is 1. The molecular weight excluding hydrogens is 393 g/mol. The van der Waals surface area contributed by atoms with Crippen LogP contribution in [0.25, 0.3) is 0 Å². The van der Waals surface area contributed by atoms with Crippen molar-refractivity contribution in [3.8, 4) is 0 Å². The van der Waals surface area contributed by atoms with Crippen LogP contribution >= 0.6 is 0 Å². The molecule has 1 N–H and O–H groups in total. The molecule has 1 aromatic rings. The Kier molecular flexibility index (Phi) is 10.6. The van der Waals surface area contributed by atoms with Crippen LogP contribution in [-0.4, -0.2) is 38.2 Å². The fraction of sp³-hybridized carbons (Fsp3) is 0.391. The molecule has 0 spiro atoms. The van der Waals surface area contributed by atoms with Crippen LogP contribution in [0.3, 0.4) is 0 Å². The summed E-state index contributed by atoms with van der Waals surface area (Å²) in [5.74, 6) is -0.316. The predicted molar refractivity (Wildman–Crippen MR) is 115 cm³/mol. The van der Waals surface area contributed by atoms with Crippen LogP contribution in [0.1, 0.15) is 38.7 Å². The second-order valence-electron chi connectivity index (χ2n) is 6.55. The molecule has 7 heteroatoms. The highest BCUT2D eigenvalue weighted by molar-refractivity contribution is 5.88. The fourth-order valence-corrected chi connectivity index (χ4v) is 2.62. The molecule has 0 aliphatic heterocycles. The molecule has 0 heterocycles. The van der Waals surface area contributed by atoms with Crippen molar-refractivity contribution in [2.24, 2.45) is 4.99 Å². The van der Waals surface area contributed by atoms with E-state index in [9.17, 15) is 18.0 Å². The molecule has 1 rings (SSSR count). The van der Waals surface area contributed by atoms with Gasteiger partial charge < -0.3 is 10.1 Å². The van der Waals surface area contributed by atoms with Crippen LogP contribution in [0.15, 0.2) is 70.8 Å². The Morgan fingerprint density at radius 3 is 2.47 bits per heavy atom. The van der Waals surface area contributed by atoms with Gasteiger partial charge in [-0.2, -0.15) is 13.2 Å². The van der Waals surface area contributed by atoms with Gasteiger partial charge in [0.25, 0.3) is 0 Å². The maximum Gasteiger partial charge on any atom is 0.416 e. The van der Waals surface area contributed by atoms with Crippen LogP contribution in [0, 0.1) is 0 Å². The summed E-state index contributed by atoms with van der Waals surface area (Å²) in [6, 6.07) is 9.33. The number of methoxy groups -OCH3 is 1. The summed E-state index contributed by atoms with van der Waals surface area (Å²) in [5, 5.41) is 2.75. The molecule has 1 unspecified atom stereocenters. The third kappa shape index (κ3) is 8.68. The smallest absolute Gasteiger partial charge is 0.416 e. The van der Waals surface area contributed by atoms with Crippen molar-refractivity contribution in [1.82, 2.24) is 5.32 Å². The molecule has 0 aliphatic rings. The molecule has 0 radical (unpaired) electrons. The van der Waals surface area contributed by atoms with E-state index in [1.54, 1.807) is 32.9 Å². The number of benzene rings is 1. The fourth-order valence-electron chi connectivity index (χ4n) is 2.62. The normalized spacial score (nSPS) is 14.7. The molecule has 30 heavy (non-hydrogen) atoms. The van der Waals surface area contributed by atoms with Crippen LogP contribution in [0.4, 0.5) is 13.2 Å². The van der Waals surface area contributed by atoms with E-state index >= 15 is 0 Å². The minimum absolute atomic E-state index is 0.00520. The number of amides is 1. The van der Waals surface area contributed by atoms with E-state index in [-0.39, 0.29) is 37.2 Å². The molecular formula is C23H29F3N2O2. The summed E-state index contributed by atoms with van der Waals surface area (Å²) in [4.78, 5) is 16.6. The SMILES string of the molecule is C\C=C/C(=C\C(=C\CC)C(F)(F)F)CN=C(CNC(=O)C(C)c1ccccc1)OC. The minimum atomic E-state index is -4.43. The third-order valence-corrected chi connectivity index (χ3v) is 4.25. The number of ether oxygens (including phenoxy) is 1. The standard InChI is InChI=1S/C23H29F3N2O2/c1-5-10-18(14-20(11-6-2)23(24,25)26)15-27-21(30-4)16-28-22(29)17(3)19-12-8-7-9-13-19/h5,7-14,17H,6,15-16H2,1-4H3,(H,28,29)/b10-5-,18-14+,20-11-,27-21?. The van der Waals surface area contributed by atoms with Crippen molar-refractivity contribution in [2.45, 2.75) is 39.3 Å². The van der Waals surface area contributed by atoms with Gasteiger partial charge in [-0.1, -0.05) is 55.5 Å². The molecule has 0 bridgehead atoms. The highest BCUT2D eigenvalue weighted by Crippen LogP contribution is 2.28. The second kappa shape index (κ2) is 12.7. The zero-order valence-corrected chi connectivity index (χ0v) is 17.8. The van der Waals surface area contributed by atoms with Gasteiger partial charge in [0.15, 0.2) is 0 Å². The van der Waals surface area contributed by atoms with E-state index in [4.69, 9.17) is 4.74 Å². The molecule has 4 nitrogen and oxygen atoms in total. The summed E-state index contributed by atoms with van der Waals surface area (Å²) in [6.07, 6.45) is 1.27. The lowest BCUT2D eigenvalue weighted by molar-refractivity contribution is -0.122. The number of hydrogen-bond donors (Lipinski definition) is 1. The maximum absolute atomic E-state index is 13.2. The highest BCUT2D eigenvalue weighted by Gasteiger charge is 2.31. The van der Waals surface area contributed by atoms with E-state index in [0.29, 0.717) is 5.57 Å². The first-order valence-electron chi connectivity index (χ1n) is 9.73. The Hall–Kier alpha value is -2.83. The summed E-state index contributed by atoms with van der Waals surface area (Å²) in [6.45, 7) is 5.20. The Balaban J connectivity index is 2.85. The van der Waals surface area contributed by atoms with Gasteiger partial charge in [-0.15, -0.1) is 0 Å². The molecule has 0 aliphatic carbocycles. The van der Waals surface area contributed by atoms with Crippen LogP contribution in [0.5, 0.6) is 0 Å². The quantitative estimate of drug-likeness (QED) is 0.331. The minimum Gasteiger partial charge on any atom is -0.483 e. The largest absolute Gasteiger partial charge is 0.483 e. The average Bonchev–Trinajstić information content (AvgIpc) is 2.72. The molecule has 1 atom stereocenters. The van der Waals surface area contributed by atoms with Gasteiger partial charge in [-0.3, -0.25) is 4.79 Å². The molecule has 1 amide bonds. The zero-order chi connectivity index (χ0) is 22.6. The third-order valence-electron chi connectivity index (χ3n) is 4.25. The number of carbonyl (C=O) groups excluding carboxylic acids is 1. The Morgan fingerprint density at radius 1 is 1.27 bits per heavy atom. The van der Waals surface area contributed by atoms with Gasteiger partial charge >= 0.3 is 6.18 Å². The number of nitrogens with one attached hydrogen (secondary N) is 1. The molecule has 164 valence electrons. The number of allylic oxidation sites excluding steroid dienone is 4.